The first-order valence-electron chi connectivity index (χ1n) is 10.4. The molecule has 7 heteroatoms. The van der Waals surface area contributed by atoms with Crippen LogP contribution < -0.4 is 10.2 Å². The number of nitrogens with zero attached hydrogens (tertiary/aromatic N) is 2. The quantitative estimate of drug-likeness (QED) is 0.768. The van der Waals surface area contributed by atoms with Crippen LogP contribution in [0.2, 0.25) is 5.02 Å². The van der Waals surface area contributed by atoms with Gasteiger partial charge in [-0.3, -0.25) is 14.5 Å². The number of carbonyl (C=O) groups excluding carboxylic acids is 2. The highest BCUT2D eigenvalue weighted by atomic mass is 35.5. The van der Waals surface area contributed by atoms with Crippen molar-refractivity contribution in [2.45, 2.75) is 25.9 Å². The SMILES string of the molecule is O=C(NCc1ccccc1CN1CCOCC1)c1ccc(Cl)cc1N1CCCC1=O. The molecule has 0 aliphatic carbocycles. The second-order valence-corrected chi connectivity index (χ2v) is 8.09. The molecule has 0 atom stereocenters. The maximum Gasteiger partial charge on any atom is 0.253 e. The molecule has 2 aliphatic rings. The number of benzene rings is 2. The van der Waals surface area contributed by atoms with E-state index in [1.54, 1.807) is 23.1 Å². The van der Waals surface area contributed by atoms with Crippen LogP contribution in [0, 0.1) is 0 Å². The van der Waals surface area contributed by atoms with E-state index in [9.17, 15) is 9.59 Å². The second kappa shape index (κ2) is 9.60. The van der Waals surface area contributed by atoms with Gasteiger partial charge in [0, 0.05) is 44.2 Å². The molecule has 0 radical (unpaired) electrons. The Labute approximate surface area is 181 Å². The van der Waals surface area contributed by atoms with Crippen molar-refractivity contribution in [3.8, 4) is 0 Å². The number of halogens is 1. The lowest BCUT2D eigenvalue weighted by atomic mass is 10.1. The summed E-state index contributed by atoms with van der Waals surface area (Å²) in [7, 11) is 0. The van der Waals surface area contributed by atoms with Crippen molar-refractivity contribution in [1.82, 2.24) is 10.2 Å². The maximum absolute atomic E-state index is 13.0. The minimum absolute atomic E-state index is 0.0298. The molecule has 0 spiro atoms. The third kappa shape index (κ3) is 4.83. The molecule has 158 valence electrons. The molecule has 4 rings (SSSR count). The van der Waals surface area contributed by atoms with Crippen LogP contribution in [-0.4, -0.2) is 49.6 Å². The van der Waals surface area contributed by atoms with Gasteiger partial charge in [-0.2, -0.15) is 0 Å². The molecule has 30 heavy (non-hydrogen) atoms. The van der Waals surface area contributed by atoms with E-state index in [0.29, 0.717) is 35.8 Å². The summed E-state index contributed by atoms with van der Waals surface area (Å²) in [5.74, 6) is -0.176. The number of hydrogen-bond acceptors (Lipinski definition) is 4. The van der Waals surface area contributed by atoms with E-state index in [4.69, 9.17) is 16.3 Å². The zero-order valence-electron chi connectivity index (χ0n) is 16.9. The lowest BCUT2D eigenvalue weighted by molar-refractivity contribution is -0.117. The summed E-state index contributed by atoms with van der Waals surface area (Å²) in [6.45, 7) is 5.22. The van der Waals surface area contributed by atoms with Gasteiger partial charge in [0.25, 0.3) is 5.91 Å². The van der Waals surface area contributed by atoms with Gasteiger partial charge < -0.3 is 15.0 Å². The molecule has 0 bridgehead atoms. The van der Waals surface area contributed by atoms with Crippen LogP contribution >= 0.6 is 11.6 Å². The van der Waals surface area contributed by atoms with Gasteiger partial charge in [0.1, 0.15) is 0 Å². The minimum Gasteiger partial charge on any atom is -0.379 e. The van der Waals surface area contributed by atoms with Gasteiger partial charge in [-0.05, 0) is 35.7 Å². The largest absolute Gasteiger partial charge is 0.379 e. The van der Waals surface area contributed by atoms with Crippen LogP contribution in [0.4, 0.5) is 5.69 Å². The van der Waals surface area contributed by atoms with Crippen molar-refractivity contribution in [3.63, 3.8) is 0 Å². The van der Waals surface area contributed by atoms with Gasteiger partial charge >= 0.3 is 0 Å². The summed E-state index contributed by atoms with van der Waals surface area (Å²) in [5, 5.41) is 3.54. The fraction of sp³-hybridized carbons (Fsp3) is 0.391. The summed E-state index contributed by atoms with van der Waals surface area (Å²) >= 11 is 6.15. The molecule has 0 aromatic heterocycles. The Balaban J connectivity index is 1.47. The molecular weight excluding hydrogens is 402 g/mol. The first-order chi connectivity index (χ1) is 14.6. The van der Waals surface area contributed by atoms with E-state index in [0.717, 1.165) is 44.8 Å². The van der Waals surface area contributed by atoms with E-state index < -0.39 is 0 Å². The predicted molar refractivity (Wildman–Crippen MR) is 117 cm³/mol. The Morgan fingerprint density at radius 3 is 2.57 bits per heavy atom. The number of amides is 2. The average Bonchev–Trinajstić information content (AvgIpc) is 3.19. The zero-order valence-corrected chi connectivity index (χ0v) is 17.7. The van der Waals surface area contributed by atoms with Crippen molar-refractivity contribution < 1.29 is 14.3 Å². The van der Waals surface area contributed by atoms with E-state index in [-0.39, 0.29) is 11.8 Å². The molecule has 0 unspecified atom stereocenters. The Bertz CT molecular complexity index is 928. The minimum atomic E-state index is -0.206. The molecule has 2 amide bonds. The molecule has 2 aromatic carbocycles. The van der Waals surface area contributed by atoms with Crippen LogP contribution in [0.1, 0.15) is 34.3 Å². The van der Waals surface area contributed by atoms with E-state index >= 15 is 0 Å². The standard InChI is InChI=1S/C23H26ClN3O3/c24-19-7-8-20(21(14-19)27-9-3-6-22(27)28)23(29)25-15-17-4-1-2-5-18(17)16-26-10-12-30-13-11-26/h1-2,4-5,7-8,14H,3,6,9-13,15-16H2,(H,25,29). The molecular formula is C23H26ClN3O3. The molecule has 2 saturated heterocycles. The molecule has 1 N–H and O–H groups in total. The van der Waals surface area contributed by atoms with Crippen molar-refractivity contribution >= 4 is 29.1 Å². The van der Waals surface area contributed by atoms with E-state index in [1.807, 2.05) is 18.2 Å². The fourth-order valence-electron chi connectivity index (χ4n) is 3.98. The lowest BCUT2D eigenvalue weighted by Gasteiger charge is -2.27. The Hall–Kier alpha value is -2.41. The second-order valence-electron chi connectivity index (χ2n) is 7.65. The van der Waals surface area contributed by atoms with E-state index in [1.165, 1.54) is 5.56 Å². The van der Waals surface area contributed by atoms with Gasteiger partial charge in [-0.15, -0.1) is 0 Å². The average molecular weight is 428 g/mol. The van der Waals surface area contributed by atoms with Crippen molar-refractivity contribution in [3.05, 3.63) is 64.2 Å². The highest BCUT2D eigenvalue weighted by Gasteiger charge is 2.26. The van der Waals surface area contributed by atoms with Gasteiger partial charge in [-0.1, -0.05) is 35.9 Å². The monoisotopic (exact) mass is 427 g/mol. The fourth-order valence-corrected chi connectivity index (χ4v) is 4.14. The summed E-state index contributed by atoms with van der Waals surface area (Å²) in [6, 6.07) is 13.2. The first-order valence-corrected chi connectivity index (χ1v) is 10.7. The molecule has 2 fully saturated rings. The zero-order chi connectivity index (χ0) is 20.9. The Kier molecular flexibility index (Phi) is 6.67. The van der Waals surface area contributed by atoms with E-state index in [2.05, 4.69) is 16.3 Å². The van der Waals surface area contributed by atoms with Crippen LogP contribution in [0.25, 0.3) is 0 Å². The Morgan fingerprint density at radius 1 is 1.07 bits per heavy atom. The van der Waals surface area contributed by atoms with Gasteiger partial charge in [0.05, 0.1) is 24.5 Å². The highest BCUT2D eigenvalue weighted by Crippen LogP contribution is 2.28. The third-order valence-corrected chi connectivity index (χ3v) is 5.86. The van der Waals surface area contributed by atoms with Crippen LogP contribution in [0.15, 0.2) is 42.5 Å². The van der Waals surface area contributed by atoms with Crippen LogP contribution in [0.3, 0.4) is 0 Å². The number of morpholine rings is 1. The number of rotatable bonds is 6. The number of carbonyl (C=O) groups is 2. The number of nitrogens with one attached hydrogen (secondary N) is 1. The predicted octanol–water partition coefficient (Wildman–Crippen LogP) is 3.23. The van der Waals surface area contributed by atoms with Gasteiger partial charge in [0.2, 0.25) is 5.91 Å². The van der Waals surface area contributed by atoms with Gasteiger partial charge in [-0.25, -0.2) is 0 Å². The number of ether oxygens (including phenoxy) is 1. The highest BCUT2D eigenvalue weighted by molar-refractivity contribution is 6.31. The normalized spacial score (nSPS) is 17.4. The molecule has 2 heterocycles. The van der Waals surface area contributed by atoms with Crippen molar-refractivity contribution in [1.29, 1.82) is 0 Å². The summed E-state index contributed by atoms with van der Waals surface area (Å²) in [6.07, 6.45) is 1.30. The van der Waals surface area contributed by atoms with Crippen LogP contribution in [-0.2, 0) is 22.6 Å². The number of hydrogen-bond donors (Lipinski definition) is 1. The third-order valence-electron chi connectivity index (χ3n) is 5.62. The first kappa shape index (κ1) is 20.8. The maximum atomic E-state index is 13.0. The van der Waals surface area contributed by atoms with Crippen LogP contribution in [0.5, 0.6) is 0 Å². The molecule has 6 nitrogen and oxygen atoms in total. The van der Waals surface area contributed by atoms with Gasteiger partial charge in [0.15, 0.2) is 0 Å². The molecule has 2 aromatic rings. The lowest BCUT2D eigenvalue weighted by Crippen LogP contribution is -2.36. The topological polar surface area (TPSA) is 61.9 Å². The summed E-state index contributed by atoms with van der Waals surface area (Å²) in [5.41, 5.74) is 3.35. The van der Waals surface area contributed by atoms with Crippen molar-refractivity contribution in [2.24, 2.45) is 0 Å². The van der Waals surface area contributed by atoms with Crippen molar-refractivity contribution in [2.75, 3.05) is 37.7 Å². The summed E-state index contributed by atoms with van der Waals surface area (Å²) in [4.78, 5) is 29.2. The molecule has 0 saturated carbocycles. The smallest absolute Gasteiger partial charge is 0.253 e. The summed E-state index contributed by atoms with van der Waals surface area (Å²) < 4.78 is 5.43. The molecule has 2 aliphatic heterocycles. The Morgan fingerprint density at radius 2 is 1.83 bits per heavy atom. The number of anilines is 1.